The fraction of sp³-hybridized carbons (Fsp3) is 0.857. The molecule has 8 heteroatoms. The highest BCUT2D eigenvalue weighted by Gasteiger charge is 2.23. The third kappa shape index (κ3) is 6.59. The SMILES string of the molecule is CCOC(=O)C(N)CCP(=O)(O)OCO. The molecule has 7 nitrogen and oxygen atoms in total. The summed E-state index contributed by atoms with van der Waals surface area (Å²) in [6.45, 7) is 0.995. The van der Waals surface area contributed by atoms with E-state index in [9.17, 15) is 9.36 Å². The highest BCUT2D eigenvalue weighted by Crippen LogP contribution is 2.42. The number of rotatable bonds is 7. The standard InChI is InChI=1S/C7H16NO6P/c1-2-13-7(10)6(8)3-4-15(11,12)14-5-9/h6,9H,2-5,8H2,1H3,(H,11,12). The minimum atomic E-state index is -3.84. The van der Waals surface area contributed by atoms with Gasteiger partial charge in [-0.15, -0.1) is 0 Å². The number of carbonyl (C=O) groups excluding carboxylic acids is 1. The molecule has 0 rings (SSSR count). The molecule has 0 spiro atoms. The first kappa shape index (κ1) is 14.5. The van der Waals surface area contributed by atoms with E-state index >= 15 is 0 Å². The van der Waals surface area contributed by atoms with Gasteiger partial charge in [0.25, 0.3) is 0 Å². The average molecular weight is 241 g/mol. The molecule has 0 saturated carbocycles. The summed E-state index contributed by atoms with van der Waals surface area (Å²) in [6, 6.07) is -0.951. The van der Waals surface area contributed by atoms with Crippen LogP contribution >= 0.6 is 7.60 Å². The highest BCUT2D eigenvalue weighted by molar-refractivity contribution is 7.52. The van der Waals surface area contributed by atoms with Crippen molar-refractivity contribution in [2.24, 2.45) is 5.73 Å². The number of hydrogen-bond acceptors (Lipinski definition) is 6. The van der Waals surface area contributed by atoms with Crippen molar-refractivity contribution in [1.29, 1.82) is 0 Å². The van der Waals surface area contributed by atoms with Gasteiger partial charge in [-0.05, 0) is 13.3 Å². The van der Waals surface area contributed by atoms with Gasteiger partial charge < -0.3 is 20.5 Å². The summed E-state index contributed by atoms with van der Waals surface area (Å²) < 4.78 is 19.8. The fourth-order valence-corrected chi connectivity index (χ4v) is 1.74. The summed E-state index contributed by atoms with van der Waals surface area (Å²) in [5.41, 5.74) is 5.38. The lowest BCUT2D eigenvalue weighted by Crippen LogP contribution is -2.33. The summed E-state index contributed by atoms with van der Waals surface area (Å²) in [5.74, 6) is -0.624. The zero-order chi connectivity index (χ0) is 11.9. The highest BCUT2D eigenvalue weighted by atomic mass is 31.2. The molecule has 4 N–H and O–H groups in total. The molecule has 15 heavy (non-hydrogen) atoms. The zero-order valence-electron chi connectivity index (χ0n) is 8.46. The maximum Gasteiger partial charge on any atom is 0.330 e. The molecule has 0 bridgehead atoms. The normalized spacial score (nSPS) is 16.8. The number of hydrogen-bond donors (Lipinski definition) is 3. The molecule has 0 aliphatic rings. The van der Waals surface area contributed by atoms with Crippen LogP contribution in [-0.2, 0) is 18.6 Å². The van der Waals surface area contributed by atoms with E-state index in [0.717, 1.165) is 0 Å². The van der Waals surface area contributed by atoms with E-state index in [1.807, 2.05) is 0 Å². The maximum absolute atomic E-state index is 11.1. The van der Waals surface area contributed by atoms with Crippen LogP contribution in [0, 0.1) is 0 Å². The van der Waals surface area contributed by atoms with Gasteiger partial charge in [-0.1, -0.05) is 0 Å². The predicted molar refractivity (Wildman–Crippen MR) is 52.1 cm³/mol. The number of ether oxygens (including phenoxy) is 1. The van der Waals surface area contributed by atoms with Crippen molar-refractivity contribution in [1.82, 2.24) is 0 Å². The Labute approximate surface area is 87.7 Å². The van der Waals surface area contributed by atoms with E-state index in [1.54, 1.807) is 6.92 Å². The molecule has 0 amide bonds. The molecular weight excluding hydrogens is 225 g/mol. The van der Waals surface area contributed by atoms with Crippen LogP contribution in [0.5, 0.6) is 0 Å². The minimum Gasteiger partial charge on any atom is -0.465 e. The van der Waals surface area contributed by atoms with Crippen LogP contribution in [0.25, 0.3) is 0 Å². The van der Waals surface area contributed by atoms with E-state index in [4.69, 9.17) is 15.7 Å². The van der Waals surface area contributed by atoms with Crippen LogP contribution in [0.3, 0.4) is 0 Å². The summed E-state index contributed by atoms with van der Waals surface area (Å²) in [4.78, 5) is 20.0. The molecule has 0 aromatic rings. The van der Waals surface area contributed by atoms with Gasteiger partial charge in [-0.3, -0.25) is 13.9 Å². The molecule has 0 radical (unpaired) electrons. The molecule has 0 heterocycles. The molecule has 90 valence electrons. The monoisotopic (exact) mass is 241 g/mol. The molecule has 2 atom stereocenters. The van der Waals surface area contributed by atoms with Gasteiger partial charge in [0.05, 0.1) is 12.8 Å². The first-order valence-electron chi connectivity index (χ1n) is 4.42. The number of esters is 1. The Balaban J connectivity index is 3.94. The predicted octanol–water partition coefficient (Wildman–Crippen LogP) is -0.581. The number of aliphatic hydroxyl groups is 1. The van der Waals surface area contributed by atoms with Gasteiger partial charge in [-0.2, -0.15) is 0 Å². The molecule has 0 aromatic carbocycles. The smallest absolute Gasteiger partial charge is 0.330 e. The number of aliphatic hydroxyl groups excluding tert-OH is 1. The van der Waals surface area contributed by atoms with Gasteiger partial charge in [-0.25, -0.2) is 0 Å². The first-order chi connectivity index (χ1) is 6.93. The van der Waals surface area contributed by atoms with Crippen molar-refractivity contribution in [3.63, 3.8) is 0 Å². The largest absolute Gasteiger partial charge is 0.465 e. The second-order valence-corrected chi connectivity index (χ2v) is 4.75. The van der Waals surface area contributed by atoms with Crippen LogP contribution in [0.15, 0.2) is 0 Å². The van der Waals surface area contributed by atoms with Gasteiger partial charge in [0, 0.05) is 0 Å². The van der Waals surface area contributed by atoms with E-state index in [-0.39, 0.29) is 19.2 Å². The Hall–Kier alpha value is -0.460. The van der Waals surface area contributed by atoms with Crippen LogP contribution in [0.1, 0.15) is 13.3 Å². The van der Waals surface area contributed by atoms with E-state index in [1.165, 1.54) is 0 Å². The molecule has 0 aliphatic carbocycles. The lowest BCUT2D eigenvalue weighted by atomic mass is 10.2. The Morgan fingerprint density at radius 2 is 2.20 bits per heavy atom. The van der Waals surface area contributed by atoms with E-state index in [2.05, 4.69) is 9.26 Å². The molecule has 0 saturated heterocycles. The summed E-state index contributed by atoms with van der Waals surface area (Å²) in [7, 11) is -3.84. The zero-order valence-corrected chi connectivity index (χ0v) is 9.35. The molecule has 0 fully saturated rings. The minimum absolute atomic E-state index is 0.0351. The molecule has 2 unspecified atom stereocenters. The van der Waals surface area contributed by atoms with Crippen molar-refractivity contribution in [3.05, 3.63) is 0 Å². The number of nitrogens with two attached hydrogens (primary N) is 1. The van der Waals surface area contributed by atoms with Crippen LogP contribution < -0.4 is 5.73 Å². The van der Waals surface area contributed by atoms with E-state index < -0.39 is 26.4 Å². The van der Waals surface area contributed by atoms with Crippen molar-refractivity contribution in [2.75, 3.05) is 19.6 Å². The molecule has 0 aromatic heterocycles. The Morgan fingerprint density at radius 1 is 1.60 bits per heavy atom. The lowest BCUT2D eigenvalue weighted by Gasteiger charge is -2.13. The van der Waals surface area contributed by atoms with Crippen LogP contribution in [0.4, 0.5) is 0 Å². The van der Waals surface area contributed by atoms with Crippen LogP contribution in [-0.4, -0.2) is 41.6 Å². The Kier molecular flexibility index (Phi) is 6.71. The maximum atomic E-state index is 11.1. The third-order valence-corrected chi connectivity index (χ3v) is 2.91. The second-order valence-electron chi connectivity index (χ2n) is 2.77. The number of carbonyl (C=O) groups is 1. The van der Waals surface area contributed by atoms with Crippen molar-refractivity contribution >= 4 is 13.6 Å². The first-order valence-corrected chi connectivity index (χ1v) is 6.18. The molecular formula is C7H16NO6P. The van der Waals surface area contributed by atoms with Crippen molar-refractivity contribution in [3.8, 4) is 0 Å². The van der Waals surface area contributed by atoms with Crippen molar-refractivity contribution < 1.29 is 28.6 Å². The Bertz CT molecular complexity index is 246. The third-order valence-electron chi connectivity index (χ3n) is 1.57. The van der Waals surface area contributed by atoms with Gasteiger partial charge in [0.1, 0.15) is 6.04 Å². The Morgan fingerprint density at radius 3 is 2.67 bits per heavy atom. The van der Waals surface area contributed by atoms with Crippen molar-refractivity contribution in [2.45, 2.75) is 19.4 Å². The average Bonchev–Trinajstić information content (AvgIpc) is 2.14. The summed E-state index contributed by atoms with van der Waals surface area (Å²) in [5, 5.41) is 8.28. The van der Waals surface area contributed by atoms with Crippen LogP contribution in [0.2, 0.25) is 0 Å². The summed E-state index contributed by atoms with van der Waals surface area (Å²) in [6.07, 6.45) is -0.333. The second kappa shape index (κ2) is 6.92. The van der Waals surface area contributed by atoms with Gasteiger partial charge in [0.15, 0.2) is 6.79 Å². The lowest BCUT2D eigenvalue weighted by molar-refractivity contribution is -0.144. The van der Waals surface area contributed by atoms with E-state index in [0.29, 0.717) is 0 Å². The quantitative estimate of drug-likeness (QED) is 0.310. The molecule has 0 aliphatic heterocycles. The topological polar surface area (TPSA) is 119 Å². The van der Waals surface area contributed by atoms with Gasteiger partial charge >= 0.3 is 13.6 Å². The summed E-state index contributed by atoms with van der Waals surface area (Å²) >= 11 is 0. The fourth-order valence-electron chi connectivity index (χ4n) is 0.824. The van der Waals surface area contributed by atoms with Gasteiger partial charge in [0.2, 0.25) is 0 Å².